The Hall–Kier alpha value is -0.650. The molecule has 2 saturated heterocycles. The highest BCUT2D eigenvalue weighted by Gasteiger charge is 2.31. The van der Waals surface area contributed by atoms with Crippen LogP contribution in [0.5, 0.6) is 0 Å². The number of amides is 1. The maximum absolute atomic E-state index is 12.1. The minimum absolute atomic E-state index is 0.0359. The van der Waals surface area contributed by atoms with E-state index in [9.17, 15) is 9.90 Å². The molecule has 2 rings (SSSR count). The first kappa shape index (κ1) is 12.8. The standard InChI is InChI=1S/C12H21NO4/c1-9(14)10-2-4-13(5-3-10)12(15)11-8-16-6-7-17-11/h9-11,14H,2-8H2,1H3. The van der Waals surface area contributed by atoms with Crippen molar-refractivity contribution in [3.8, 4) is 0 Å². The molecular formula is C12H21NO4. The zero-order valence-electron chi connectivity index (χ0n) is 10.3. The largest absolute Gasteiger partial charge is 0.393 e. The molecule has 1 amide bonds. The van der Waals surface area contributed by atoms with E-state index in [1.54, 1.807) is 0 Å². The number of nitrogens with zero attached hydrogens (tertiary/aromatic N) is 1. The lowest BCUT2D eigenvalue weighted by Crippen LogP contribution is -2.48. The summed E-state index contributed by atoms with van der Waals surface area (Å²) < 4.78 is 10.6. The summed E-state index contributed by atoms with van der Waals surface area (Å²) in [6, 6.07) is 0. The molecule has 2 atom stereocenters. The molecule has 0 radical (unpaired) electrons. The van der Waals surface area contributed by atoms with E-state index in [2.05, 4.69) is 0 Å². The molecule has 0 saturated carbocycles. The highest BCUT2D eigenvalue weighted by molar-refractivity contribution is 5.81. The summed E-state index contributed by atoms with van der Waals surface area (Å²) in [6.07, 6.45) is 1.04. The van der Waals surface area contributed by atoms with Crippen LogP contribution in [0, 0.1) is 5.92 Å². The Balaban J connectivity index is 1.81. The monoisotopic (exact) mass is 243 g/mol. The number of aliphatic hydroxyl groups is 1. The van der Waals surface area contributed by atoms with Crippen LogP contribution in [0.2, 0.25) is 0 Å². The summed E-state index contributed by atoms with van der Waals surface area (Å²) in [5.74, 6) is 0.358. The van der Waals surface area contributed by atoms with Crippen LogP contribution in [0.1, 0.15) is 19.8 Å². The zero-order valence-corrected chi connectivity index (χ0v) is 10.3. The van der Waals surface area contributed by atoms with Crippen LogP contribution < -0.4 is 0 Å². The Morgan fingerprint density at radius 1 is 1.35 bits per heavy atom. The first-order valence-corrected chi connectivity index (χ1v) is 6.34. The van der Waals surface area contributed by atoms with Gasteiger partial charge in [-0.05, 0) is 25.7 Å². The smallest absolute Gasteiger partial charge is 0.254 e. The van der Waals surface area contributed by atoms with E-state index < -0.39 is 6.10 Å². The third-order valence-electron chi connectivity index (χ3n) is 3.62. The average molecular weight is 243 g/mol. The quantitative estimate of drug-likeness (QED) is 0.743. The molecule has 5 heteroatoms. The van der Waals surface area contributed by atoms with E-state index in [1.807, 2.05) is 11.8 Å². The summed E-state index contributed by atoms with van der Waals surface area (Å²) >= 11 is 0. The van der Waals surface area contributed by atoms with Crippen molar-refractivity contribution in [1.82, 2.24) is 4.90 Å². The second kappa shape index (κ2) is 5.80. The second-order valence-electron chi connectivity index (χ2n) is 4.84. The SMILES string of the molecule is CC(O)C1CCN(C(=O)C2COCCO2)CC1. The van der Waals surface area contributed by atoms with Gasteiger partial charge >= 0.3 is 0 Å². The molecule has 2 unspecified atom stereocenters. The molecular weight excluding hydrogens is 222 g/mol. The molecule has 5 nitrogen and oxygen atoms in total. The number of piperidine rings is 1. The van der Waals surface area contributed by atoms with Gasteiger partial charge < -0.3 is 19.5 Å². The Kier molecular flexibility index (Phi) is 4.36. The minimum atomic E-state index is -0.424. The highest BCUT2D eigenvalue weighted by atomic mass is 16.6. The maximum Gasteiger partial charge on any atom is 0.254 e. The van der Waals surface area contributed by atoms with Crippen LogP contribution in [0.25, 0.3) is 0 Å². The average Bonchev–Trinajstić information content (AvgIpc) is 2.39. The normalized spacial score (nSPS) is 29.1. The van der Waals surface area contributed by atoms with Crippen LogP contribution in [0.3, 0.4) is 0 Å². The molecule has 2 aliphatic heterocycles. The zero-order chi connectivity index (χ0) is 12.3. The number of rotatable bonds is 2. The molecule has 2 heterocycles. The van der Waals surface area contributed by atoms with Gasteiger partial charge in [0.1, 0.15) is 0 Å². The fourth-order valence-electron chi connectivity index (χ4n) is 2.44. The fourth-order valence-corrected chi connectivity index (χ4v) is 2.44. The molecule has 2 fully saturated rings. The van der Waals surface area contributed by atoms with Crippen molar-refractivity contribution in [2.24, 2.45) is 5.92 Å². The molecule has 0 spiro atoms. The molecule has 0 bridgehead atoms. The van der Waals surface area contributed by atoms with Crippen molar-refractivity contribution in [3.05, 3.63) is 0 Å². The van der Waals surface area contributed by atoms with Gasteiger partial charge in [-0.15, -0.1) is 0 Å². The van der Waals surface area contributed by atoms with Gasteiger partial charge in [0.05, 0.1) is 25.9 Å². The molecule has 2 aliphatic rings. The lowest BCUT2D eigenvalue weighted by molar-refractivity contribution is -0.159. The number of carbonyl (C=O) groups excluding carboxylic acids is 1. The second-order valence-corrected chi connectivity index (χ2v) is 4.84. The van der Waals surface area contributed by atoms with Crippen LogP contribution >= 0.6 is 0 Å². The van der Waals surface area contributed by atoms with Gasteiger partial charge in [0.2, 0.25) is 0 Å². The third kappa shape index (κ3) is 3.18. The topological polar surface area (TPSA) is 59.0 Å². The summed E-state index contributed by atoms with van der Waals surface area (Å²) in [7, 11) is 0. The number of carbonyl (C=O) groups is 1. The van der Waals surface area contributed by atoms with Gasteiger partial charge in [-0.25, -0.2) is 0 Å². The van der Waals surface area contributed by atoms with Gasteiger partial charge in [-0.3, -0.25) is 4.79 Å². The van der Waals surface area contributed by atoms with Crippen molar-refractivity contribution in [2.45, 2.75) is 32.0 Å². The fraction of sp³-hybridized carbons (Fsp3) is 0.917. The summed E-state index contributed by atoms with van der Waals surface area (Å²) in [6.45, 7) is 4.70. The van der Waals surface area contributed by atoms with E-state index in [4.69, 9.17) is 9.47 Å². The first-order valence-electron chi connectivity index (χ1n) is 6.34. The van der Waals surface area contributed by atoms with Gasteiger partial charge in [-0.1, -0.05) is 0 Å². The van der Waals surface area contributed by atoms with Gasteiger partial charge in [0.15, 0.2) is 6.10 Å². The predicted molar refractivity (Wildman–Crippen MR) is 61.5 cm³/mol. The van der Waals surface area contributed by atoms with Crippen molar-refractivity contribution in [2.75, 3.05) is 32.9 Å². The van der Waals surface area contributed by atoms with E-state index >= 15 is 0 Å². The van der Waals surface area contributed by atoms with Crippen molar-refractivity contribution in [3.63, 3.8) is 0 Å². The Morgan fingerprint density at radius 3 is 2.59 bits per heavy atom. The van der Waals surface area contributed by atoms with Crippen LogP contribution in [0.15, 0.2) is 0 Å². The Labute approximate surface area is 102 Å². The van der Waals surface area contributed by atoms with E-state index in [-0.39, 0.29) is 12.0 Å². The maximum atomic E-state index is 12.1. The number of hydrogen-bond acceptors (Lipinski definition) is 4. The lowest BCUT2D eigenvalue weighted by Gasteiger charge is -2.35. The lowest BCUT2D eigenvalue weighted by atomic mass is 9.92. The van der Waals surface area contributed by atoms with Crippen molar-refractivity contribution >= 4 is 5.91 Å². The van der Waals surface area contributed by atoms with Crippen molar-refractivity contribution in [1.29, 1.82) is 0 Å². The van der Waals surface area contributed by atoms with Crippen molar-refractivity contribution < 1.29 is 19.4 Å². The number of ether oxygens (including phenoxy) is 2. The molecule has 98 valence electrons. The van der Waals surface area contributed by atoms with Crippen LogP contribution in [0.4, 0.5) is 0 Å². The summed E-state index contributed by atoms with van der Waals surface area (Å²) in [5.41, 5.74) is 0. The number of likely N-dealkylation sites (tertiary alicyclic amines) is 1. The minimum Gasteiger partial charge on any atom is -0.393 e. The summed E-state index contributed by atoms with van der Waals surface area (Å²) in [5, 5.41) is 9.50. The number of hydrogen-bond donors (Lipinski definition) is 1. The van der Waals surface area contributed by atoms with Gasteiger partial charge in [-0.2, -0.15) is 0 Å². The Bertz CT molecular complexity index is 255. The Morgan fingerprint density at radius 2 is 2.06 bits per heavy atom. The number of aliphatic hydroxyl groups excluding tert-OH is 1. The van der Waals surface area contributed by atoms with Gasteiger partial charge in [0, 0.05) is 13.1 Å². The predicted octanol–water partition coefficient (Wildman–Crippen LogP) is 0.0212. The van der Waals surface area contributed by atoms with E-state index in [0.29, 0.717) is 38.8 Å². The first-order chi connectivity index (χ1) is 8.18. The van der Waals surface area contributed by atoms with E-state index in [1.165, 1.54) is 0 Å². The van der Waals surface area contributed by atoms with Gasteiger partial charge in [0.25, 0.3) is 5.91 Å². The van der Waals surface area contributed by atoms with Crippen LogP contribution in [-0.2, 0) is 14.3 Å². The third-order valence-corrected chi connectivity index (χ3v) is 3.62. The molecule has 0 aromatic heterocycles. The molecule has 17 heavy (non-hydrogen) atoms. The molecule has 0 aromatic rings. The molecule has 0 aromatic carbocycles. The molecule has 0 aliphatic carbocycles. The summed E-state index contributed by atoms with van der Waals surface area (Å²) in [4.78, 5) is 13.9. The van der Waals surface area contributed by atoms with E-state index in [0.717, 1.165) is 12.8 Å². The highest BCUT2D eigenvalue weighted by Crippen LogP contribution is 2.21. The molecule has 1 N–H and O–H groups in total. The van der Waals surface area contributed by atoms with Crippen LogP contribution in [-0.4, -0.2) is 61.0 Å².